The van der Waals surface area contributed by atoms with Gasteiger partial charge in [0.2, 0.25) is 5.95 Å². The van der Waals surface area contributed by atoms with Crippen LogP contribution >= 0.6 is 11.6 Å². The molecular formula is C18H20ClN5O2. The average Bonchev–Trinajstić information content (AvgIpc) is 3.07. The summed E-state index contributed by atoms with van der Waals surface area (Å²) >= 11 is 5.90. The first-order chi connectivity index (χ1) is 12.5. The molecule has 0 aromatic carbocycles. The van der Waals surface area contributed by atoms with E-state index < -0.39 is 5.97 Å². The van der Waals surface area contributed by atoms with Gasteiger partial charge in [0.25, 0.3) is 0 Å². The van der Waals surface area contributed by atoms with Crippen molar-refractivity contribution in [1.82, 2.24) is 20.0 Å². The predicted octanol–water partition coefficient (Wildman–Crippen LogP) is 2.66. The number of anilines is 1. The second-order valence-electron chi connectivity index (χ2n) is 6.74. The standard InChI is InChI=1S/C18H20ClN5O2/c1-23(18-21-9-13(19)10-22-18)24-5-3-11(7-17(25)26)14-6-12-2-4-20-15(12)8-16(14)24/h2,4,9-11,20H,3,5-8H2,1H3,(H,25,26). The van der Waals surface area contributed by atoms with E-state index in [4.69, 9.17) is 11.6 Å². The Morgan fingerprint density at radius 1 is 1.42 bits per heavy atom. The second-order valence-corrected chi connectivity index (χ2v) is 7.17. The smallest absolute Gasteiger partial charge is 0.303 e. The molecular weight excluding hydrogens is 354 g/mol. The van der Waals surface area contributed by atoms with Crippen molar-refractivity contribution in [3.63, 3.8) is 0 Å². The molecule has 0 radical (unpaired) electrons. The van der Waals surface area contributed by atoms with Crippen molar-refractivity contribution in [2.45, 2.75) is 25.7 Å². The number of rotatable bonds is 4. The summed E-state index contributed by atoms with van der Waals surface area (Å²) in [6, 6.07) is 2.09. The van der Waals surface area contributed by atoms with Gasteiger partial charge in [-0.15, -0.1) is 0 Å². The molecule has 7 nitrogen and oxygen atoms in total. The number of carboxylic acid groups (broad SMARTS) is 1. The Kier molecular flexibility index (Phi) is 4.32. The third-order valence-corrected chi connectivity index (χ3v) is 5.39. The third-order valence-electron chi connectivity index (χ3n) is 5.20. The number of carboxylic acids is 1. The van der Waals surface area contributed by atoms with Crippen molar-refractivity contribution >= 4 is 23.5 Å². The summed E-state index contributed by atoms with van der Waals surface area (Å²) in [5, 5.41) is 13.9. The highest BCUT2D eigenvalue weighted by Crippen LogP contribution is 2.39. The number of carbonyl (C=O) groups is 1. The number of aromatic amines is 1. The molecule has 0 saturated carbocycles. The molecule has 4 rings (SSSR count). The number of H-pyrrole nitrogens is 1. The van der Waals surface area contributed by atoms with Crippen LogP contribution in [0.1, 0.15) is 24.1 Å². The van der Waals surface area contributed by atoms with Crippen molar-refractivity contribution in [3.05, 3.63) is 52.2 Å². The topological polar surface area (TPSA) is 85.3 Å². The van der Waals surface area contributed by atoms with Crippen LogP contribution in [0.25, 0.3) is 0 Å². The maximum atomic E-state index is 11.3. The maximum absolute atomic E-state index is 11.3. The van der Waals surface area contributed by atoms with Crippen LogP contribution in [0.15, 0.2) is 35.9 Å². The van der Waals surface area contributed by atoms with E-state index in [1.54, 1.807) is 12.4 Å². The van der Waals surface area contributed by atoms with Crippen LogP contribution in [0, 0.1) is 5.92 Å². The quantitative estimate of drug-likeness (QED) is 0.857. The van der Waals surface area contributed by atoms with Crippen LogP contribution in [0.4, 0.5) is 5.95 Å². The van der Waals surface area contributed by atoms with Gasteiger partial charge < -0.3 is 10.1 Å². The van der Waals surface area contributed by atoms with E-state index >= 15 is 0 Å². The molecule has 136 valence electrons. The van der Waals surface area contributed by atoms with Gasteiger partial charge in [-0.3, -0.25) is 14.8 Å². The van der Waals surface area contributed by atoms with Gasteiger partial charge in [0.15, 0.2) is 0 Å². The van der Waals surface area contributed by atoms with Crippen LogP contribution in [-0.4, -0.2) is 44.6 Å². The Hall–Kier alpha value is -2.54. The largest absolute Gasteiger partial charge is 0.481 e. The maximum Gasteiger partial charge on any atom is 0.303 e. The van der Waals surface area contributed by atoms with Gasteiger partial charge in [0, 0.05) is 37.6 Å². The van der Waals surface area contributed by atoms with E-state index in [-0.39, 0.29) is 12.3 Å². The van der Waals surface area contributed by atoms with E-state index in [1.807, 2.05) is 18.3 Å². The Balaban J connectivity index is 1.69. The van der Waals surface area contributed by atoms with Gasteiger partial charge in [-0.05, 0) is 36.0 Å². The molecule has 2 aliphatic rings. The summed E-state index contributed by atoms with van der Waals surface area (Å²) in [6.45, 7) is 0.731. The van der Waals surface area contributed by atoms with E-state index in [2.05, 4.69) is 26.0 Å². The highest BCUT2D eigenvalue weighted by Gasteiger charge is 2.35. The number of nitrogens with one attached hydrogen (secondary N) is 1. The van der Waals surface area contributed by atoms with Gasteiger partial charge in [0.1, 0.15) is 0 Å². The monoisotopic (exact) mass is 373 g/mol. The number of allylic oxidation sites excluding steroid dienone is 2. The molecule has 1 unspecified atom stereocenters. The Morgan fingerprint density at radius 2 is 2.19 bits per heavy atom. The first kappa shape index (κ1) is 16.9. The van der Waals surface area contributed by atoms with Crippen LogP contribution < -0.4 is 5.01 Å². The highest BCUT2D eigenvalue weighted by atomic mass is 35.5. The number of hydrogen-bond acceptors (Lipinski definition) is 5. The number of aromatic nitrogens is 3. The lowest BCUT2D eigenvalue weighted by atomic mass is 9.80. The van der Waals surface area contributed by atoms with Gasteiger partial charge in [-0.25, -0.2) is 9.97 Å². The van der Waals surface area contributed by atoms with Crippen molar-refractivity contribution in [1.29, 1.82) is 0 Å². The lowest BCUT2D eigenvalue weighted by Crippen LogP contribution is -2.46. The molecule has 1 aliphatic heterocycles. The SMILES string of the molecule is CN(c1ncc(Cl)cn1)N1CCC(CC(=O)O)C2=C1Cc1[nH]ccc1C2. The zero-order valence-electron chi connectivity index (χ0n) is 14.4. The van der Waals surface area contributed by atoms with Crippen LogP contribution in [0.2, 0.25) is 5.02 Å². The van der Waals surface area contributed by atoms with E-state index in [0.717, 1.165) is 31.5 Å². The molecule has 1 atom stereocenters. The zero-order valence-corrected chi connectivity index (χ0v) is 15.2. The van der Waals surface area contributed by atoms with Gasteiger partial charge >= 0.3 is 5.97 Å². The molecule has 2 N–H and O–H groups in total. The summed E-state index contributed by atoms with van der Waals surface area (Å²) in [4.78, 5) is 23.2. The minimum atomic E-state index is -0.746. The summed E-state index contributed by atoms with van der Waals surface area (Å²) in [5.41, 5.74) is 4.81. The molecule has 0 bridgehead atoms. The van der Waals surface area contributed by atoms with Gasteiger partial charge in [-0.1, -0.05) is 11.6 Å². The van der Waals surface area contributed by atoms with E-state index in [0.29, 0.717) is 11.0 Å². The second kappa shape index (κ2) is 6.64. The molecule has 26 heavy (non-hydrogen) atoms. The number of hydrazine groups is 1. The number of fused-ring (bicyclic) bond motifs is 1. The fraction of sp³-hybridized carbons (Fsp3) is 0.389. The van der Waals surface area contributed by atoms with Crippen molar-refractivity contribution in [3.8, 4) is 0 Å². The van der Waals surface area contributed by atoms with Crippen LogP contribution in [0.3, 0.4) is 0 Å². The van der Waals surface area contributed by atoms with Crippen LogP contribution in [0.5, 0.6) is 0 Å². The van der Waals surface area contributed by atoms with Crippen molar-refractivity contribution < 1.29 is 9.90 Å². The molecule has 0 saturated heterocycles. The average molecular weight is 374 g/mol. The Labute approximate surface area is 156 Å². The lowest BCUT2D eigenvalue weighted by molar-refractivity contribution is -0.138. The number of aliphatic carboxylic acids is 1. The minimum Gasteiger partial charge on any atom is -0.481 e. The summed E-state index contributed by atoms with van der Waals surface area (Å²) in [7, 11) is 1.93. The zero-order chi connectivity index (χ0) is 18.3. The summed E-state index contributed by atoms with van der Waals surface area (Å²) < 4.78 is 0. The fourth-order valence-electron chi connectivity index (χ4n) is 3.93. The van der Waals surface area contributed by atoms with Crippen LogP contribution in [-0.2, 0) is 17.6 Å². The number of halogens is 1. The third kappa shape index (κ3) is 3.03. The molecule has 3 heterocycles. The van der Waals surface area contributed by atoms with Crippen molar-refractivity contribution in [2.75, 3.05) is 18.6 Å². The fourth-order valence-corrected chi connectivity index (χ4v) is 4.02. The normalized spacial score (nSPS) is 19.2. The molecule has 0 spiro atoms. The number of hydrogen-bond donors (Lipinski definition) is 2. The first-order valence-electron chi connectivity index (χ1n) is 8.60. The molecule has 2 aromatic rings. The van der Waals surface area contributed by atoms with Gasteiger partial charge in [-0.2, -0.15) is 0 Å². The minimum absolute atomic E-state index is 0.0707. The number of nitrogens with zero attached hydrogens (tertiary/aromatic N) is 4. The predicted molar refractivity (Wildman–Crippen MR) is 97.7 cm³/mol. The Morgan fingerprint density at radius 3 is 2.92 bits per heavy atom. The molecule has 2 aromatic heterocycles. The van der Waals surface area contributed by atoms with Gasteiger partial charge in [0.05, 0.1) is 23.8 Å². The Bertz CT molecular complexity index is 861. The van der Waals surface area contributed by atoms with Crippen molar-refractivity contribution in [2.24, 2.45) is 5.92 Å². The first-order valence-corrected chi connectivity index (χ1v) is 8.98. The molecule has 0 amide bonds. The molecule has 8 heteroatoms. The molecule has 0 fully saturated rings. The lowest BCUT2D eigenvalue weighted by Gasteiger charge is -2.43. The summed E-state index contributed by atoms with van der Waals surface area (Å²) in [6.07, 6.45) is 7.62. The molecule has 1 aliphatic carbocycles. The van der Waals surface area contributed by atoms with E-state index in [1.165, 1.54) is 16.8 Å². The summed E-state index contributed by atoms with van der Waals surface area (Å²) in [5.74, 6) is -0.110. The van der Waals surface area contributed by atoms with E-state index in [9.17, 15) is 9.90 Å². The highest BCUT2D eigenvalue weighted by molar-refractivity contribution is 6.30.